The molecule has 1 amide bonds. The van der Waals surface area contributed by atoms with E-state index in [1.807, 2.05) is 24.3 Å². The van der Waals surface area contributed by atoms with E-state index in [9.17, 15) is 4.79 Å². The minimum Gasteiger partial charge on any atom is -0.465 e. The number of halogens is 1. The highest BCUT2D eigenvalue weighted by atomic mass is 127. The molecule has 1 atom stereocenters. The van der Waals surface area contributed by atoms with Gasteiger partial charge in [-0.25, -0.2) is 4.79 Å². The second kappa shape index (κ2) is 5.39. The number of amides is 1. The van der Waals surface area contributed by atoms with E-state index in [-0.39, 0.29) is 6.04 Å². The second-order valence-electron chi connectivity index (χ2n) is 4.59. The summed E-state index contributed by atoms with van der Waals surface area (Å²) in [5, 5.41) is 17.2. The van der Waals surface area contributed by atoms with Crippen LogP contribution in [-0.4, -0.2) is 32.8 Å². The molecule has 1 N–H and O–H groups in total. The molecule has 1 aliphatic rings. The molecule has 1 aromatic carbocycles. The van der Waals surface area contributed by atoms with Gasteiger partial charge in [-0.3, -0.25) is 4.90 Å². The Morgan fingerprint density at radius 3 is 2.80 bits per heavy atom. The van der Waals surface area contributed by atoms with Crippen molar-refractivity contribution in [2.75, 3.05) is 6.54 Å². The number of hydrogen-bond acceptors (Lipinski definition) is 4. The van der Waals surface area contributed by atoms with E-state index >= 15 is 0 Å². The van der Waals surface area contributed by atoms with Gasteiger partial charge in [-0.1, -0.05) is 0 Å². The number of carboxylic acid groups (broad SMARTS) is 1. The summed E-state index contributed by atoms with van der Waals surface area (Å²) in [6.07, 6.45) is 0.597. The van der Waals surface area contributed by atoms with Crippen LogP contribution in [0.2, 0.25) is 0 Å². The zero-order valence-corrected chi connectivity index (χ0v) is 12.6. The fraction of sp³-hybridized carbons (Fsp3) is 0.308. The Balaban J connectivity index is 1.86. The summed E-state index contributed by atoms with van der Waals surface area (Å²) in [6.45, 7) is 0.515. The van der Waals surface area contributed by atoms with E-state index in [2.05, 4.69) is 32.8 Å². The van der Waals surface area contributed by atoms with Gasteiger partial charge in [-0.05, 0) is 59.7 Å². The maximum absolute atomic E-state index is 11.1. The number of aromatic nitrogens is 2. The predicted molar refractivity (Wildman–Crippen MR) is 79.2 cm³/mol. The number of likely N-dealkylation sites (tertiary alicyclic amines) is 1. The van der Waals surface area contributed by atoms with E-state index < -0.39 is 6.09 Å². The first kappa shape index (κ1) is 13.3. The topological polar surface area (TPSA) is 79.5 Å². The highest BCUT2D eigenvalue weighted by molar-refractivity contribution is 14.1. The Morgan fingerprint density at radius 1 is 1.35 bits per heavy atom. The van der Waals surface area contributed by atoms with Crippen LogP contribution in [0.15, 0.2) is 28.7 Å². The minimum atomic E-state index is -0.943. The first-order valence-electron chi connectivity index (χ1n) is 6.24. The predicted octanol–water partition coefficient (Wildman–Crippen LogP) is 3.16. The lowest BCUT2D eigenvalue weighted by Crippen LogP contribution is -2.28. The lowest BCUT2D eigenvalue weighted by atomic mass is 10.2. The van der Waals surface area contributed by atoms with Crippen LogP contribution < -0.4 is 0 Å². The molecule has 3 rings (SSSR count). The number of benzene rings is 1. The molecule has 0 saturated carbocycles. The molecule has 1 aliphatic heterocycles. The summed E-state index contributed by atoms with van der Waals surface area (Å²) in [5.74, 6) is 0.798. The average Bonchev–Trinajstić information content (AvgIpc) is 3.08. The summed E-state index contributed by atoms with van der Waals surface area (Å²) in [6, 6.07) is 7.40. The number of rotatable bonds is 2. The Bertz CT molecular complexity index is 626. The average molecular weight is 385 g/mol. The molecule has 104 valence electrons. The van der Waals surface area contributed by atoms with Gasteiger partial charge in [0, 0.05) is 15.7 Å². The van der Waals surface area contributed by atoms with Gasteiger partial charge in [0.15, 0.2) is 0 Å². The molecule has 7 heteroatoms. The van der Waals surface area contributed by atoms with E-state index in [1.54, 1.807) is 0 Å². The highest BCUT2D eigenvalue weighted by Gasteiger charge is 2.33. The van der Waals surface area contributed by atoms with Gasteiger partial charge in [0.2, 0.25) is 11.8 Å². The molecular weight excluding hydrogens is 373 g/mol. The fourth-order valence-corrected chi connectivity index (χ4v) is 2.69. The maximum Gasteiger partial charge on any atom is 0.407 e. The fourth-order valence-electron chi connectivity index (χ4n) is 2.33. The van der Waals surface area contributed by atoms with Gasteiger partial charge in [-0.2, -0.15) is 0 Å². The third-order valence-corrected chi connectivity index (χ3v) is 4.03. The Labute approximate surface area is 128 Å². The van der Waals surface area contributed by atoms with Crippen molar-refractivity contribution in [3.8, 4) is 11.5 Å². The molecule has 1 fully saturated rings. The molecule has 0 bridgehead atoms. The van der Waals surface area contributed by atoms with Gasteiger partial charge < -0.3 is 9.52 Å². The van der Waals surface area contributed by atoms with Crippen LogP contribution >= 0.6 is 22.6 Å². The largest absolute Gasteiger partial charge is 0.465 e. The summed E-state index contributed by atoms with van der Waals surface area (Å²) < 4.78 is 6.77. The Morgan fingerprint density at radius 2 is 2.10 bits per heavy atom. The molecule has 20 heavy (non-hydrogen) atoms. The van der Waals surface area contributed by atoms with Gasteiger partial charge >= 0.3 is 6.09 Å². The molecule has 2 heterocycles. The van der Waals surface area contributed by atoms with Crippen molar-refractivity contribution >= 4 is 28.7 Å². The minimum absolute atomic E-state index is 0.322. The van der Waals surface area contributed by atoms with Crippen LogP contribution in [0, 0.1) is 3.57 Å². The van der Waals surface area contributed by atoms with Gasteiger partial charge in [0.25, 0.3) is 0 Å². The SMILES string of the molecule is O=C(O)N1CCCC1c1nnc(-c2ccc(I)cc2)o1. The first-order chi connectivity index (χ1) is 9.65. The molecular formula is C13H12IN3O3. The molecule has 2 aromatic rings. The van der Waals surface area contributed by atoms with Gasteiger partial charge in [0.05, 0.1) is 0 Å². The molecule has 1 saturated heterocycles. The van der Waals surface area contributed by atoms with Crippen molar-refractivity contribution in [1.82, 2.24) is 15.1 Å². The Kier molecular flexibility index (Phi) is 3.60. The smallest absolute Gasteiger partial charge is 0.407 e. The summed E-state index contributed by atoms with van der Waals surface area (Å²) in [7, 11) is 0. The molecule has 0 aliphatic carbocycles. The van der Waals surface area contributed by atoms with Crippen LogP contribution in [-0.2, 0) is 0 Å². The zero-order valence-electron chi connectivity index (χ0n) is 10.5. The second-order valence-corrected chi connectivity index (χ2v) is 5.83. The lowest BCUT2D eigenvalue weighted by Gasteiger charge is -2.17. The quantitative estimate of drug-likeness (QED) is 0.804. The third kappa shape index (κ3) is 2.49. The molecule has 6 nitrogen and oxygen atoms in total. The van der Waals surface area contributed by atoms with Crippen LogP contribution in [0.4, 0.5) is 4.79 Å². The summed E-state index contributed by atoms with van der Waals surface area (Å²) in [4.78, 5) is 12.5. The number of nitrogens with zero attached hydrogens (tertiary/aromatic N) is 3. The zero-order chi connectivity index (χ0) is 14.1. The Hall–Kier alpha value is -1.64. The maximum atomic E-state index is 11.1. The monoisotopic (exact) mass is 385 g/mol. The highest BCUT2D eigenvalue weighted by Crippen LogP contribution is 2.32. The van der Waals surface area contributed by atoms with Gasteiger partial charge in [0.1, 0.15) is 6.04 Å². The van der Waals surface area contributed by atoms with Crippen LogP contribution in [0.1, 0.15) is 24.8 Å². The molecule has 0 radical (unpaired) electrons. The normalized spacial score (nSPS) is 18.4. The third-order valence-electron chi connectivity index (χ3n) is 3.32. The number of carbonyl (C=O) groups is 1. The van der Waals surface area contributed by atoms with Crippen molar-refractivity contribution in [3.63, 3.8) is 0 Å². The first-order valence-corrected chi connectivity index (χ1v) is 7.32. The lowest BCUT2D eigenvalue weighted by molar-refractivity contribution is 0.134. The van der Waals surface area contributed by atoms with E-state index in [4.69, 9.17) is 9.52 Å². The number of hydrogen-bond donors (Lipinski definition) is 1. The standard InChI is InChI=1S/C13H12IN3O3/c14-9-5-3-8(4-6-9)11-15-16-12(20-11)10-2-1-7-17(10)13(18)19/h3-6,10H,1-2,7H2,(H,18,19). The van der Waals surface area contributed by atoms with E-state index in [0.29, 0.717) is 18.3 Å². The van der Waals surface area contributed by atoms with E-state index in [1.165, 1.54) is 4.90 Å². The van der Waals surface area contributed by atoms with Crippen molar-refractivity contribution < 1.29 is 14.3 Å². The van der Waals surface area contributed by atoms with Crippen molar-refractivity contribution in [1.29, 1.82) is 0 Å². The van der Waals surface area contributed by atoms with Crippen LogP contribution in [0.3, 0.4) is 0 Å². The van der Waals surface area contributed by atoms with Crippen molar-refractivity contribution in [3.05, 3.63) is 33.7 Å². The summed E-state index contributed by atoms with van der Waals surface area (Å²) in [5.41, 5.74) is 0.837. The van der Waals surface area contributed by atoms with Gasteiger partial charge in [-0.15, -0.1) is 10.2 Å². The van der Waals surface area contributed by atoms with Crippen LogP contribution in [0.5, 0.6) is 0 Å². The molecule has 1 unspecified atom stereocenters. The molecule has 1 aromatic heterocycles. The summed E-state index contributed by atoms with van der Waals surface area (Å²) >= 11 is 2.22. The van der Waals surface area contributed by atoms with Crippen LogP contribution in [0.25, 0.3) is 11.5 Å². The van der Waals surface area contributed by atoms with Crippen molar-refractivity contribution in [2.45, 2.75) is 18.9 Å². The van der Waals surface area contributed by atoms with Crippen molar-refractivity contribution in [2.24, 2.45) is 0 Å². The van der Waals surface area contributed by atoms with E-state index in [0.717, 1.165) is 22.0 Å². The molecule has 0 spiro atoms.